The van der Waals surface area contributed by atoms with E-state index in [2.05, 4.69) is 45.0 Å². The van der Waals surface area contributed by atoms with Crippen LogP contribution < -0.4 is 11.1 Å². The van der Waals surface area contributed by atoms with Crippen LogP contribution >= 0.6 is 33.9 Å². The van der Waals surface area contributed by atoms with Crippen molar-refractivity contribution in [2.24, 2.45) is 10.7 Å². The van der Waals surface area contributed by atoms with Crippen molar-refractivity contribution >= 4 is 39.9 Å². The number of nitrogens with two attached hydrogens (primary N) is 1. The van der Waals surface area contributed by atoms with E-state index in [1.54, 1.807) is 0 Å². The number of nitrogens with zero attached hydrogens (tertiary/aromatic N) is 1. The van der Waals surface area contributed by atoms with E-state index >= 15 is 0 Å². The standard InChI is InChI=1S/C12H18IN3S/c13-11-6-5-10(17-11)7-8-15-12(14)16-9-3-1-2-4-9/h5-6,9H,1-4,7-8H2,(H3,14,15,16). The maximum atomic E-state index is 5.86. The summed E-state index contributed by atoms with van der Waals surface area (Å²) in [5.41, 5.74) is 5.86. The minimum absolute atomic E-state index is 0.557. The average Bonchev–Trinajstić information content (AvgIpc) is 2.90. The summed E-state index contributed by atoms with van der Waals surface area (Å²) < 4.78 is 1.33. The van der Waals surface area contributed by atoms with E-state index in [0.717, 1.165) is 13.0 Å². The Bertz CT molecular complexity index is 383. The summed E-state index contributed by atoms with van der Waals surface area (Å²) in [4.78, 5) is 5.76. The summed E-state index contributed by atoms with van der Waals surface area (Å²) in [5.74, 6) is 0.614. The molecule has 1 heterocycles. The monoisotopic (exact) mass is 363 g/mol. The van der Waals surface area contributed by atoms with Crippen molar-refractivity contribution in [3.8, 4) is 0 Å². The van der Waals surface area contributed by atoms with Crippen LogP contribution in [0, 0.1) is 2.88 Å². The van der Waals surface area contributed by atoms with Crippen molar-refractivity contribution in [3.63, 3.8) is 0 Å². The van der Waals surface area contributed by atoms with Gasteiger partial charge in [-0.2, -0.15) is 0 Å². The molecule has 1 aliphatic carbocycles. The number of rotatable bonds is 4. The van der Waals surface area contributed by atoms with E-state index < -0.39 is 0 Å². The van der Waals surface area contributed by atoms with E-state index in [0.29, 0.717) is 12.0 Å². The molecule has 17 heavy (non-hydrogen) atoms. The molecule has 0 radical (unpaired) electrons. The van der Waals surface area contributed by atoms with Crippen LogP contribution in [-0.2, 0) is 6.42 Å². The molecule has 0 saturated heterocycles. The van der Waals surface area contributed by atoms with Crippen molar-refractivity contribution < 1.29 is 0 Å². The fourth-order valence-corrected chi connectivity index (χ4v) is 3.84. The zero-order valence-corrected chi connectivity index (χ0v) is 12.8. The van der Waals surface area contributed by atoms with Crippen molar-refractivity contribution in [2.75, 3.05) is 6.54 Å². The third-order valence-electron chi connectivity index (χ3n) is 2.98. The number of aliphatic imine (C=N–C) groups is 1. The Balaban J connectivity index is 1.72. The average molecular weight is 363 g/mol. The number of hydrogen-bond donors (Lipinski definition) is 2. The van der Waals surface area contributed by atoms with Gasteiger partial charge in [-0.25, -0.2) is 0 Å². The highest BCUT2D eigenvalue weighted by Crippen LogP contribution is 2.19. The molecule has 0 bridgehead atoms. The fraction of sp³-hybridized carbons (Fsp3) is 0.583. The molecule has 0 amide bonds. The number of hydrogen-bond acceptors (Lipinski definition) is 2. The van der Waals surface area contributed by atoms with Gasteiger partial charge in [0.1, 0.15) is 0 Å². The lowest BCUT2D eigenvalue weighted by atomic mass is 10.2. The topological polar surface area (TPSA) is 50.4 Å². The van der Waals surface area contributed by atoms with Gasteiger partial charge in [0, 0.05) is 23.9 Å². The van der Waals surface area contributed by atoms with Gasteiger partial charge in [0.05, 0.1) is 2.88 Å². The van der Waals surface area contributed by atoms with Gasteiger partial charge in [0.25, 0.3) is 0 Å². The quantitative estimate of drug-likeness (QED) is 0.491. The molecule has 94 valence electrons. The summed E-state index contributed by atoms with van der Waals surface area (Å²) in [6.07, 6.45) is 6.09. The first kappa shape index (κ1) is 13.1. The predicted octanol–water partition coefficient (Wildman–Crippen LogP) is 2.74. The van der Waals surface area contributed by atoms with Crippen molar-refractivity contribution in [1.29, 1.82) is 0 Å². The smallest absolute Gasteiger partial charge is 0.188 e. The lowest BCUT2D eigenvalue weighted by Crippen LogP contribution is -2.38. The maximum absolute atomic E-state index is 5.86. The zero-order valence-electron chi connectivity index (χ0n) is 9.79. The van der Waals surface area contributed by atoms with Crippen LogP contribution in [0.25, 0.3) is 0 Å². The number of halogens is 1. The Morgan fingerprint density at radius 1 is 1.47 bits per heavy atom. The summed E-state index contributed by atoms with van der Waals surface area (Å²) in [5, 5.41) is 3.30. The summed E-state index contributed by atoms with van der Waals surface area (Å²) in [6, 6.07) is 4.87. The van der Waals surface area contributed by atoms with Gasteiger partial charge < -0.3 is 11.1 Å². The Morgan fingerprint density at radius 3 is 2.88 bits per heavy atom. The Hall–Kier alpha value is -0.300. The summed E-state index contributed by atoms with van der Waals surface area (Å²) >= 11 is 4.17. The van der Waals surface area contributed by atoms with Crippen LogP contribution in [0.1, 0.15) is 30.6 Å². The predicted molar refractivity (Wildman–Crippen MR) is 82.6 cm³/mol. The Kier molecular flexibility index (Phi) is 5.09. The molecule has 0 unspecified atom stereocenters. The summed E-state index contributed by atoms with van der Waals surface area (Å²) in [6.45, 7) is 0.780. The second-order valence-corrected chi connectivity index (χ2v) is 7.41. The van der Waals surface area contributed by atoms with Crippen molar-refractivity contribution in [2.45, 2.75) is 38.1 Å². The van der Waals surface area contributed by atoms with Gasteiger partial charge >= 0.3 is 0 Å². The van der Waals surface area contributed by atoms with E-state index in [9.17, 15) is 0 Å². The molecule has 0 spiro atoms. The van der Waals surface area contributed by atoms with E-state index in [-0.39, 0.29) is 0 Å². The largest absolute Gasteiger partial charge is 0.370 e. The molecule has 1 aromatic heterocycles. The maximum Gasteiger partial charge on any atom is 0.188 e. The molecule has 1 saturated carbocycles. The van der Waals surface area contributed by atoms with Crippen molar-refractivity contribution in [3.05, 3.63) is 19.9 Å². The normalized spacial score (nSPS) is 17.6. The van der Waals surface area contributed by atoms with Crippen LogP contribution in [0.2, 0.25) is 0 Å². The first-order chi connectivity index (χ1) is 8.24. The van der Waals surface area contributed by atoms with Crippen LogP contribution in [-0.4, -0.2) is 18.5 Å². The van der Waals surface area contributed by atoms with Crippen LogP contribution in [0.15, 0.2) is 17.1 Å². The Labute approximate surface area is 120 Å². The van der Waals surface area contributed by atoms with Crippen LogP contribution in [0.5, 0.6) is 0 Å². The number of thiophene rings is 1. The first-order valence-electron chi connectivity index (χ1n) is 6.05. The molecule has 2 rings (SSSR count). The molecular formula is C12H18IN3S. The third-order valence-corrected chi connectivity index (χ3v) is 4.93. The minimum Gasteiger partial charge on any atom is -0.370 e. The fourth-order valence-electron chi connectivity index (χ4n) is 2.10. The second kappa shape index (κ2) is 6.58. The SMILES string of the molecule is NC(=NCCc1ccc(I)s1)NC1CCCC1. The molecule has 1 fully saturated rings. The highest BCUT2D eigenvalue weighted by molar-refractivity contribution is 14.1. The number of nitrogens with one attached hydrogen (secondary N) is 1. The molecule has 0 aliphatic heterocycles. The molecular weight excluding hydrogens is 345 g/mol. The lowest BCUT2D eigenvalue weighted by Gasteiger charge is -2.11. The van der Waals surface area contributed by atoms with E-state index in [1.165, 1.54) is 33.4 Å². The highest BCUT2D eigenvalue weighted by Gasteiger charge is 2.14. The van der Waals surface area contributed by atoms with Gasteiger partial charge in [-0.3, -0.25) is 4.99 Å². The molecule has 0 atom stereocenters. The zero-order chi connectivity index (χ0) is 12.1. The second-order valence-electron chi connectivity index (χ2n) is 4.35. The molecule has 1 aromatic rings. The molecule has 3 nitrogen and oxygen atoms in total. The van der Waals surface area contributed by atoms with Crippen LogP contribution in [0.3, 0.4) is 0 Å². The highest BCUT2D eigenvalue weighted by atomic mass is 127. The van der Waals surface area contributed by atoms with Gasteiger partial charge in [-0.05, 0) is 47.6 Å². The van der Waals surface area contributed by atoms with E-state index in [1.807, 2.05) is 11.3 Å². The minimum atomic E-state index is 0.557. The number of guanidine groups is 1. The molecule has 5 heteroatoms. The lowest BCUT2D eigenvalue weighted by molar-refractivity contribution is 0.625. The first-order valence-corrected chi connectivity index (χ1v) is 7.94. The Morgan fingerprint density at radius 2 is 2.24 bits per heavy atom. The van der Waals surface area contributed by atoms with E-state index in [4.69, 9.17) is 5.73 Å². The molecule has 1 aliphatic rings. The summed E-state index contributed by atoms with van der Waals surface area (Å²) in [7, 11) is 0. The van der Waals surface area contributed by atoms with Gasteiger partial charge in [0.15, 0.2) is 5.96 Å². The van der Waals surface area contributed by atoms with Crippen molar-refractivity contribution in [1.82, 2.24) is 5.32 Å². The van der Waals surface area contributed by atoms with Gasteiger partial charge in [-0.15, -0.1) is 11.3 Å². The van der Waals surface area contributed by atoms with Gasteiger partial charge in [-0.1, -0.05) is 12.8 Å². The third kappa shape index (κ3) is 4.46. The molecule has 0 aromatic carbocycles. The van der Waals surface area contributed by atoms with Crippen LogP contribution in [0.4, 0.5) is 0 Å². The van der Waals surface area contributed by atoms with Gasteiger partial charge in [0.2, 0.25) is 0 Å². The molecule has 3 N–H and O–H groups in total.